The van der Waals surface area contributed by atoms with Crippen LogP contribution in [0.5, 0.6) is 5.75 Å². The van der Waals surface area contributed by atoms with E-state index in [2.05, 4.69) is 5.10 Å². The Bertz CT molecular complexity index is 591. The van der Waals surface area contributed by atoms with Crippen molar-refractivity contribution in [3.05, 3.63) is 29.6 Å². The van der Waals surface area contributed by atoms with Crippen LogP contribution in [-0.4, -0.2) is 16.9 Å². The predicted octanol–water partition coefficient (Wildman–Crippen LogP) is 2.10. The van der Waals surface area contributed by atoms with Crippen molar-refractivity contribution < 1.29 is 17.9 Å². The normalized spacial score (nSPS) is 10.7. The van der Waals surface area contributed by atoms with Crippen LogP contribution in [0, 0.1) is 17.5 Å². The zero-order chi connectivity index (χ0) is 13.4. The zero-order valence-corrected chi connectivity index (χ0v) is 9.67. The van der Waals surface area contributed by atoms with E-state index in [0.717, 1.165) is 13.2 Å². The number of aryl methyl sites for hydroxylation is 1. The quantitative estimate of drug-likeness (QED) is 0.838. The van der Waals surface area contributed by atoms with Crippen molar-refractivity contribution in [3.8, 4) is 17.0 Å². The SMILES string of the molecule is COc1c(-c2cc(N)n(C)n2)cc(F)c(F)c1F. The second-order valence-corrected chi connectivity index (χ2v) is 3.65. The molecule has 2 aromatic rings. The van der Waals surface area contributed by atoms with Gasteiger partial charge < -0.3 is 10.5 Å². The molecule has 1 heterocycles. The summed E-state index contributed by atoms with van der Waals surface area (Å²) in [5, 5.41) is 3.96. The van der Waals surface area contributed by atoms with Gasteiger partial charge in [0.2, 0.25) is 5.82 Å². The monoisotopic (exact) mass is 257 g/mol. The summed E-state index contributed by atoms with van der Waals surface area (Å²) in [6.07, 6.45) is 0. The topological polar surface area (TPSA) is 53.1 Å². The Kier molecular flexibility index (Phi) is 2.90. The fourth-order valence-corrected chi connectivity index (χ4v) is 1.58. The molecule has 0 aliphatic rings. The minimum Gasteiger partial charge on any atom is -0.493 e. The van der Waals surface area contributed by atoms with Crippen molar-refractivity contribution in [1.82, 2.24) is 9.78 Å². The van der Waals surface area contributed by atoms with Crippen molar-refractivity contribution in [2.75, 3.05) is 12.8 Å². The summed E-state index contributed by atoms with van der Waals surface area (Å²) in [6.45, 7) is 0. The number of anilines is 1. The molecule has 4 nitrogen and oxygen atoms in total. The molecule has 0 amide bonds. The van der Waals surface area contributed by atoms with E-state index in [1.54, 1.807) is 7.05 Å². The molecule has 0 aliphatic heterocycles. The van der Waals surface area contributed by atoms with E-state index >= 15 is 0 Å². The lowest BCUT2D eigenvalue weighted by Crippen LogP contribution is -2.00. The molecule has 0 spiro atoms. The summed E-state index contributed by atoms with van der Waals surface area (Å²) in [4.78, 5) is 0. The summed E-state index contributed by atoms with van der Waals surface area (Å²) in [6, 6.07) is 2.23. The Balaban J connectivity index is 2.70. The largest absolute Gasteiger partial charge is 0.493 e. The number of benzene rings is 1. The molecule has 0 saturated carbocycles. The van der Waals surface area contributed by atoms with Gasteiger partial charge >= 0.3 is 0 Å². The van der Waals surface area contributed by atoms with Crippen LogP contribution in [0.25, 0.3) is 11.3 Å². The molecule has 2 N–H and O–H groups in total. The van der Waals surface area contributed by atoms with E-state index in [1.165, 1.54) is 10.7 Å². The minimum absolute atomic E-state index is 0.00111. The highest BCUT2D eigenvalue weighted by Crippen LogP contribution is 2.34. The van der Waals surface area contributed by atoms with Crippen LogP contribution in [-0.2, 0) is 7.05 Å². The summed E-state index contributed by atoms with van der Waals surface area (Å²) in [7, 11) is 2.73. The van der Waals surface area contributed by atoms with Crippen molar-refractivity contribution in [3.63, 3.8) is 0 Å². The maximum atomic E-state index is 13.5. The molecule has 0 fully saturated rings. The maximum Gasteiger partial charge on any atom is 0.204 e. The number of halogens is 3. The number of nitrogens with two attached hydrogens (primary N) is 1. The highest BCUT2D eigenvalue weighted by Gasteiger charge is 2.22. The van der Waals surface area contributed by atoms with Gasteiger partial charge in [-0.2, -0.15) is 9.49 Å². The van der Waals surface area contributed by atoms with Crippen LogP contribution in [0.1, 0.15) is 0 Å². The summed E-state index contributed by atoms with van der Waals surface area (Å²) in [5.74, 6) is -4.40. The summed E-state index contributed by atoms with van der Waals surface area (Å²) < 4.78 is 45.9. The molecule has 0 saturated heterocycles. The van der Waals surface area contributed by atoms with Crippen LogP contribution in [0.2, 0.25) is 0 Å². The lowest BCUT2D eigenvalue weighted by atomic mass is 10.1. The number of methoxy groups -OCH3 is 1. The highest BCUT2D eigenvalue weighted by molar-refractivity contribution is 5.69. The first kappa shape index (κ1) is 12.3. The van der Waals surface area contributed by atoms with Crippen LogP contribution < -0.4 is 10.5 Å². The summed E-state index contributed by atoms with van der Waals surface area (Å²) >= 11 is 0. The Morgan fingerprint density at radius 2 is 1.89 bits per heavy atom. The number of aromatic nitrogens is 2. The van der Waals surface area contributed by atoms with E-state index in [9.17, 15) is 13.2 Å². The third-order valence-electron chi connectivity index (χ3n) is 2.51. The van der Waals surface area contributed by atoms with E-state index in [0.29, 0.717) is 5.82 Å². The molecule has 1 aromatic carbocycles. The molecular weight excluding hydrogens is 247 g/mol. The molecule has 1 aromatic heterocycles. The number of nitrogen functional groups attached to an aromatic ring is 1. The lowest BCUT2D eigenvalue weighted by molar-refractivity contribution is 0.362. The molecule has 0 bridgehead atoms. The first-order valence-corrected chi connectivity index (χ1v) is 4.97. The number of ether oxygens (including phenoxy) is 1. The van der Waals surface area contributed by atoms with Gasteiger partial charge in [-0.1, -0.05) is 0 Å². The van der Waals surface area contributed by atoms with Gasteiger partial charge in [0.05, 0.1) is 18.4 Å². The number of nitrogens with zero attached hydrogens (tertiary/aromatic N) is 2. The van der Waals surface area contributed by atoms with Gasteiger partial charge in [-0.3, -0.25) is 4.68 Å². The van der Waals surface area contributed by atoms with Crippen LogP contribution in [0.15, 0.2) is 12.1 Å². The lowest BCUT2D eigenvalue weighted by Gasteiger charge is -2.08. The average molecular weight is 257 g/mol. The third-order valence-corrected chi connectivity index (χ3v) is 2.51. The molecule has 0 atom stereocenters. The van der Waals surface area contributed by atoms with Crippen molar-refractivity contribution >= 4 is 5.82 Å². The number of rotatable bonds is 2. The first-order valence-electron chi connectivity index (χ1n) is 4.97. The van der Waals surface area contributed by atoms with Gasteiger partial charge in [0.25, 0.3) is 0 Å². The van der Waals surface area contributed by atoms with Gasteiger partial charge in [-0.05, 0) is 6.07 Å². The van der Waals surface area contributed by atoms with Crippen molar-refractivity contribution in [1.29, 1.82) is 0 Å². The van der Waals surface area contributed by atoms with Gasteiger partial charge in [0, 0.05) is 13.1 Å². The number of hydrogen-bond acceptors (Lipinski definition) is 3. The van der Waals surface area contributed by atoms with Gasteiger partial charge in [-0.25, -0.2) is 8.78 Å². The minimum atomic E-state index is -1.58. The molecule has 0 aliphatic carbocycles. The Morgan fingerprint density at radius 1 is 1.22 bits per heavy atom. The Hall–Kier alpha value is -2.18. The second kappa shape index (κ2) is 4.25. The second-order valence-electron chi connectivity index (χ2n) is 3.65. The third kappa shape index (κ3) is 1.77. The standard InChI is InChI=1S/C11H10F3N3O/c1-17-8(15)4-7(16-17)5-3-6(12)9(13)10(14)11(5)18-2/h3-4H,15H2,1-2H3. The molecule has 2 rings (SSSR count). The maximum absolute atomic E-state index is 13.5. The average Bonchev–Trinajstić information content (AvgIpc) is 2.66. The number of hydrogen-bond donors (Lipinski definition) is 1. The smallest absolute Gasteiger partial charge is 0.204 e. The van der Waals surface area contributed by atoms with Gasteiger partial charge in [-0.15, -0.1) is 0 Å². The van der Waals surface area contributed by atoms with Crippen molar-refractivity contribution in [2.45, 2.75) is 0 Å². The molecule has 0 unspecified atom stereocenters. The zero-order valence-electron chi connectivity index (χ0n) is 9.67. The molecule has 7 heteroatoms. The fourth-order valence-electron chi connectivity index (χ4n) is 1.58. The van der Waals surface area contributed by atoms with E-state index in [1.807, 2.05) is 0 Å². The Morgan fingerprint density at radius 3 is 2.39 bits per heavy atom. The van der Waals surface area contributed by atoms with E-state index in [-0.39, 0.29) is 11.3 Å². The van der Waals surface area contributed by atoms with E-state index in [4.69, 9.17) is 10.5 Å². The molecular formula is C11H10F3N3O. The van der Waals surface area contributed by atoms with Crippen LogP contribution >= 0.6 is 0 Å². The van der Waals surface area contributed by atoms with E-state index < -0.39 is 23.2 Å². The van der Waals surface area contributed by atoms with Crippen molar-refractivity contribution in [2.24, 2.45) is 7.05 Å². The van der Waals surface area contributed by atoms with Gasteiger partial charge in [0.15, 0.2) is 17.4 Å². The molecule has 96 valence electrons. The van der Waals surface area contributed by atoms with Crippen LogP contribution in [0.4, 0.5) is 19.0 Å². The van der Waals surface area contributed by atoms with Gasteiger partial charge in [0.1, 0.15) is 5.82 Å². The molecule has 0 radical (unpaired) electrons. The van der Waals surface area contributed by atoms with Crippen LogP contribution in [0.3, 0.4) is 0 Å². The molecule has 18 heavy (non-hydrogen) atoms. The predicted molar refractivity (Wildman–Crippen MR) is 59.5 cm³/mol. The fraction of sp³-hybridized carbons (Fsp3) is 0.182. The first-order chi connectivity index (χ1) is 8.45. The summed E-state index contributed by atoms with van der Waals surface area (Å²) in [5.41, 5.74) is 5.77. The Labute approximate surface area is 101 Å². The highest BCUT2D eigenvalue weighted by atomic mass is 19.2.